The lowest BCUT2D eigenvalue weighted by Gasteiger charge is -2.34. The van der Waals surface area contributed by atoms with Crippen molar-refractivity contribution in [1.29, 1.82) is 0 Å². The maximum Gasteiger partial charge on any atom is 0.227 e. The van der Waals surface area contributed by atoms with E-state index >= 15 is 0 Å². The first kappa shape index (κ1) is 18.5. The zero-order valence-electron chi connectivity index (χ0n) is 15.8. The molecule has 0 bridgehead atoms. The SMILES string of the molecule is COc1ccc(CCN2CCN(C(=O)Cc3cccc(C)c3)CC2)cc1. The highest BCUT2D eigenvalue weighted by Gasteiger charge is 2.20. The number of hydrogen-bond acceptors (Lipinski definition) is 3. The fraction of sp³-hybridized carbons (Fsp3) is 0.409. The van der Waals surface area contributed by atoms with Gasteiger partial charge in [0.05, 0.1) is 13.5 Å². The van der Waals surface area contributed by atoms with Gasteiger partial charge in [-0.1, -0.05) is 42.0 Å². The topological polar surface area (TPSA) is 32.8 Å². The van der Waals surface area contributed by atoms with Crippen molar-refractivity contribution in [3.8, 4) is 5.75 Å². The van der Waals surface area contributed by atoms with Crippen LogP contribution in [0.1, 0.15) is 16.7 Å². The number of methoxy groups -OCH3 is 1. The van der Waals surface area contributed by atoms with Crippen molar-refractivity contribution in [2.24, 2.45) is 0 Å². The predicted molar refractivity (Wildman–Crippen MR) is 105 cm³/mol. The van der Waals surface area contributed by atoms with E-state index in [-0.39, 0.29) is 5.91 Å². The molecule has 0 unspecified atom stereocenters. The van der Waals surface area contributed by atoms with Gasteiger partial charge in [-0.15, -0.1) is 0 Å². The average Bonchev–Trinajstić information content (AvgIpc) is 2.67. The molecule has 0 spiro atoms. The quantitative estimate of drug-likeness (QED) is 0.801. The molecule has 1 heterocycles. The lowest BCUT2D eigenvalue weighted by molar-refractivity contribution is -0.132. The molecule has 1 fully saturated rings. The fourth-order valence-corrected chi connectivity index (χ4v) is 3.41. The number of carbonyl (C=O) groups excluding carboxylic acids is 1. The second-order valence-corrected chi connectivity index (χ2v) is 6.99. The van der Waals surface area contributed by atoms with E-state index in [4.69, 9.17) is 4.74 Å². The van der Waals surface area contributed by atoms with Gasteiger partial charge in [-0.25, -0.2) is 0 Å². The molecule has 2 aromatic rings. The highest BCUT2D eigenvalue weighted by atomic mass is 16.5. The van der Waals surface area contributed by atoms with Gasteiger partial charge < -0.3 is 9.64 Å². The number of rotatable bonds is 6. The van der Waals surface area contributed by atoms with E-state index in [1.165, 1.54) is 11.1 Å². The van der Waals surface area contributed by atoms with Crippen LogP contribution in [-0.2, 0) is 17.6 Å². The molecular formula is C22H28N2O2. The highest BCUT2D eigenvalue weighted by molar-refractivity contribution is 5.79. The van der Waals surface area contributed by atoms with Gasteiger partial charge in [0.1, 0.15) is 5.75 Å². The lowest BCUT2D eigenvalue weighted by atomic mass is 10.1. The number of ether oxygens (including phenoxy) is 1. The van der Waals surface area contributed by atoms with Gasteiger partial charge >= 0.3 is 0 Å². The minimum Gasteiger partial charge on any atom is -0.497 e. The van der Waals surface area contributed by atoms with E-state index in [0.717, 1.165) is 50.5 Å². The van der Waals surface area contributed by atoms with Crippen LogP contribution in [-0.4, -0.2) is 55.5 Å². The van der Waals surface area contributed by atoms with E-state index in [0.29, 0.717) is 6.42 Å². The van der Waals surface area contributed by atoms with Crippen LogP contribution < -0.4 is 4.74 Å². The number of hydrogen-bond donors (Lipinski definition) is 0. The first-order valence-electron chi connectivity index (χ1n) is 9.32. The van der Waals surface area contributed by atoms with E-state index in [1.54, 1.807) is 7.11 Å². The van der Waals surface area contributed by atoms with Crippen molar-refractivity contribution in [2.45, 2.75) is 19.8 Å². The molecule has 138 valence electrons. The zero-order valence-corrected chi connectivity index (χ0v) is 15.8. The Kier molecular flexibility index (Phi) is 6.29. The molecule has 4 nitrogen and oxygen atoms in total. The minimum atomic E-state index is 0.241. The molecule has 2 aromatic carbocycles. The minimum absolute atomic E-state index is 0.241. The van der Waals surface area contributed by atoms with Crippen molar-refractivity contribution in [3.05, 3.63) is 65.2 Å². The number of carbonyl (C=O) groups is 1. The molecule has 0 atom stereocenters. The van der Waals surface area contributed by atoms with E-state index in [1.807, 2.05) is 29.2 Å². The summed E-state index contributed by atoms with van der Waals surface area (Å²) in [7, 11) is 1.69. The van der Waals surface area contributed by atoms with Crippen molar-refractivity contribution in [1.82, 2.24) is 9.80 Å². The monoisotopic (exact) mass is 352 g/mol. The fourth-order valence-electron chi connectivity index (χ4n) is 3.41. The Hall–Kier alpha value is -2.33. The summed E-state index contributed by atoms with van der Waals surface area (Å²) in [5.41, 5.74) is 3.64. The molecule has 0 N–H and O–H groups in total. The summed E-state index contributed by atoms with van der Waals surface area (Å²) in [6.45, 7) is 6.66. The molecule has 3 rings (SSSR count). The number of piperazine rings is 1. The van der Waals surface area contributed by atoms with Gasteiger partial charge in [0, 0.05) is 32.7 Å². The number of benzene rings is 2. The third kappa shape index (κ3) is 5.09. The van der Waals surface area contributed by atoms with Crippen molar-refractivity contribution < 1.29 is 9.53 Å². The van der Waals surface area contributed by atoms with Gasteiger partial charge in [-0.05, 0) is 36.6 Å². The van der Waals surface area contributed by atoms with Gasteiger partial charge in [0.15, 0.2) is 0 Å². The predicted octanol–water partition coefficient (Wildman–Crippen LogP) is 2.93. The number of amides is 1. The first-order chi connectivity index (χ1) is 12.6. The Morgan fingerprint density at radius 3 is 2.38 bits per heavy atom. The zero-order chi connectivity index (χ0) is 18.4. The third-order valence-corrected chi connectivity index (χ3v) is 5.04. The number of aryl methyl sites for hydroxylation is 1. The van der Waals surface area contributed by atoms with Crippen LogP contribution in [0.2, 0.25) is 0 Å². The summed E-state index contributed by atoms with van der Waals surface area (Å²) in [6, 6.07) is 16.5. The van der Waals surface area contributed by atoms with E-state index in [9.17, 15) is 4.79 Å². The molecule has 26 heavy (non-hydrogen) atoms. The molecular weight excluding hydrogens is 324 g/mol. The highest BCUT2D eigenvalue weighted by Crippen LogP contribution is 2.13. The van der Waals surface area contributed by atoms with Crippen LogP contribution in [0.4, 0.5) is 0 Å². The van der Waals surface area contributed by atoms with Gasteiger partial charge in [0.2, 0.25) is 5.91 Å². The van der Waals surface area contributed by atoms with Crippen LogP contribution >= 0.6 is 0 Å². The molecule has 1 aliphatic heterocycles. The Labute approximate surface area is 156 Å². The maximum atomic E-state index is 12.5. The van der Waals surface area contributed by atoms with Gasteiger partial charge in [-0.3, -0.25) is 9.69 Å². The maximum absolute atomic E-state index is 12.5. The summed E-state index contributed by atoms with van der Waals surface area (Å²) in [5, 5.41) is 0. The molecule has 0 aliphatic carbocycles. The molecule has 1 amide bonds. The molecule has 1 saturated heterocycles. The standard InChI is InChI=1S/C22H28N2O2/c1-18-4-3-5-20(16-18)17-22(25)24-14-12-23(13-15-24)11-10-19-6-8-21(26-2)9-7-19/h3-9,16H,10-15,17H2,1-2H3. The van der Waals surface area contributed by atoms with Crippen LogP contribution in [0, 0.1) is 6.92 Å². The summed E-state index contributed by atoms with van der Waals surface area (Å²) in [4.78, 5) is 17.0. The normalized spacial score (nSPS) is 15.1. The van der Waals surface area contributed by atoms with Crippen LogP contribution in [0.25, 0.3) is 0 Å². The third-order valence-electron chi connectivity index (χ3n) is 5.04. The average molecular weight is 352 g/mol. The summed E-state index contributed by atoms with van der Waals surface area (Å²) < 4.78 is 5.20. The second-order valence-electron chi connectivity index (χ2n) is 6.99. The van der Waals surface area contributed by atoms with Crippen molar-refractivity contribution >= 4 is 5.91 Å². The van der Waals surface area contributed by atoms with E-state index < -0.39 is 0 Å². The summed E-state index contributed by atoms with van der Waals surface area (Å²) in [6.07, 6.45) is 1.54. The molecule has 0 radical (unpaired) electrons. The number of nitrogens with zero attached hydrogens (tertiary/aromatic N) is 2. The molecule has 1 aliphatic rings. The Balaban J connectivity index is 1.42. The van der Waals surface area contributed by atoms with Crippen LogP contribution in [0.15, 0.2) is 48.5 Å². The van der Waals surface area contributed by atoms with Crippen molar-refractivity contribution in [2.75, 3.05) is 39.8 Å². The lowest BCUT2D eigenvalue weighted by Crippen LogP contribution is -2.49. The Morgan fingerprint density at radius 2 is 1.73 bits per heavy atom. The van der Waals surface area contributed by atoms with Crippen LogP contribution in [0.5, 0.6) is 5.75 Å². The van der Waals surface area contributed by atoms with Crippen LogP contribution in [0.3, 0.4) is 0 Å². The molecule has 0 aromatic heterocycles. The largest absolute Gasteiger partial charge is 0.497 e. The summed E-state index contributed by atoms with van der Waals surface area (Å²) in [5.74, 6) is 1.14. The van der Waals surface area contributed by atoms with E-state index in [2.05, 4.69) is 36.1 Å². The van der Waals surface area contributed by atoms with Crippen molar-refractivity contribution in [3.63, 3.8) is 0 Å². The Bertz CT molecular complexity index is 719. The van der Waals surface area contributed by atoms with Gasteiger partial charge in [0.25, 0.3) is 0 Å². The van der Waals surface area contributed by atoms with Gasteiger partial charge in [-0.2, -0.15) is 0 Å². The molecule has 0 saturated carbocycles. The second kappa shape index (κ2) is 8.86. The smallest absolute Gasteiger partial charge is 0.227 e. The Morgan fingerprint density at radius 1 is 1.00 bits per heavy atom. The molecule has 4 heteroatoms. The summed E-state index contributed by atoms with van der Waals surface area (Å²) >= 11 is 0. The first-order valence-corrected chi connectivity index (χ1v) is 9.32.